The Morgan fingerprint density at radius 1 is 1.13 bits per heavy atom. The number of carbonyl (C=O) groups excluding carboxylic acids is 1. The summed E-state index contributed by atoms with van der Waals surface area (Å²) in [6.07, 6.45) is 0.680. The van der Waals surface area contributed by atoms with Gasteiger partial charge in [-0.15, -0.1) is 0 Å². The van der Waals surface area contributed by atoms with Crippen molar-refractivity contribution in [3.8, 4) is 5.75 Å². The Balaban J connectivity index is 1.89. The molecule has 0 saturated heterocycles. The van der Waals surface area contributed by atoms with Crippen LogP contribution in [0.15, 0.2) is 47.4 Å². The van der Waals surface area contributed by atoms with E-state index in [4.69, 9.17) is 16.3 Å². The zero-order valence-electron chi connectivity index (χ0n) is 17.5. The number of rotatable bonds is 9. The van der Waals surface area contributed by atoms with Crippen LogP contribution in [0, 0.1) is 0 Å². The number of halogens is 1. The summed E-state index contributed by atoms with van der Waals surface area (Å²) in [6.45, 7) is 1.12. The van der Waals surface area contributed by atoms with E-state index in [2.05, 4.69) is 4.98 Å². The Hall–Kier alpha value is -2.20. The molecule has 0 saturated carbocycles. The largest absolute Gasteiger partial charge is 0.497 e. The fourth-order valence-electron chi connectivity index (χ4n) is 2.97. The van der Waals surface area contributed by atoms with Crippen LogP contribution in [0.4, 0.5) is 5.13 Å². The zero-order chi connectivity index (χ0) is 22.6. The van der Waals surface area contributed by atoms with Crippen LogP contribution in [0.2, 0.25) is 5.02 Å². The number of carbonyl (C=O) groups is 1. The number of sulfone groups is 1. The average Bonchev–Trinajstić information content (AvgIpc) is 3.13. The Morgan fingerprint density at radius 3 is 2.48 bits per heavy atom. The Bertz CT molecular complexity index is 1160. The Morgan fingerprint density at radius 2 is 1.84 bits per heavy atom. The third kappa shape index (κ3) is 5.94. The van der Waals surface area contributed by atoms with Gasteiger partial charge in [0, 0.05) is 11.6 Å². The van der Waals surface area contributed by atoms with E-state index >= 15 is 0 Å². The summed E-state index contributed by atoms with van der Waals surface area (Å²) < 4.78 is 31.7. The maximum absolute atomic E-state index is 13.1. The van der Waals surface area contributed by atoms with Crippen molar-refractivity contribution in [1.29, 1.82) is 0 Å². The molecule has 0 N–H and O–H groups in total. The lowest BCUT2D eigenvalue weighted by atomic mass is 10.3. The van der Waals surface area contributed by atoms with E-state index < -0.39 is 21.5 Å². The second kappa shape index (κ2) is 9.95. The van der Waals surface area contributed by atoms with Gasteiger partial charge in [0.15, 0.2) is 15.0 Å². The molecule has 3 aromatic rings. The number of thiazole rings is 1. The minimum absolute atomic E-state index is 0.0625. The van der Waals surface area contributed by atoms with Gasteiger partial charge in [-0.1, -0.05) is 22.9 Å². The van der Waals surface area contributed by atoms with Gasteiger partial charge in [-0.3, -0.25) is 9.69 Å². The molecule has 0 aliphatic heterocycles. The second-order valence-electron chi connectivity index (χ2n) is 7.25. The fourth-order valence-corrected chi connectivity index (χ4v) is 5.33. The lowest BCUT2D eigenvalue weighted by Crippen LogP contribution is -2.37. The predicted octanol–water partition coefficient (Wildman–Crippen LogP) is 3.72. The number of ether oxygens (including phenoxy) is 1. The van der Waals surface area contributed by atoms with Crippen LogP contribution < -0.4 is 9.64 Å². The van der Waals surface area contributed by atoms with Crippen LogP contribution in [0.1, 0.15) is 6.42 Å². The molecule has 1 heterocycles. The number of nitrogens with zero attached hydrogens (tertiary/aromatic N) is 3. The number of amides is 1. The topological polar surface area (TPSA) is 79.8 Å². The van der Waals surface area contributed by atoms with Gasteiger partial charge in [-0.2, -0.15) is 0 Å². The van der Waals surface area contributed by atoms with Crippen molar-refractivity contribution in [3.63, 3.8) is 0 Å². The highest BCUT2D eigenvalue weighted by atomic mass is 35.5. The first-order valence-corrected chi connectivity index (χ1v) is 12.4. The highest BCUT2D eigenvalue weighted by molar-refractivity contribution is 7.92. The molecule has 0 aliphatic rings. The predicted molar refractivity (Wildman–Crippen MR) is 125 cm³/mol. The average molecular weight is 482 g/mol. The molecule has 0 atom stereocenters. The minimum Gasteiger partial charge on any atom is -0.497 e. The number of methoxy groups -OCH3 is 1. The van der Waals surface area contributed by atoms with Gasteiger partial charge >= 0.3 is 0 Å². The molecule has 0 fully saturated rings. The summed E-state index contributed by atoms with van der Waals surface area (Å²) >= 11 is 7.19. The zero-order valence-corrected chi connectivity index (χ0v) is 19.9. The summed E-state index contributed by atoms with van der Waals surface area (Å²) in [5, 5.41) is 0.902. The first-order valence-electron chi connectivity index (χ1n) is 9.57. The highest BCUT2D eigenvalue weighted by Gasteiger charge is 2.26. The molecular formula is C21H24ClN3O4S2. The molecule has 0 spiro atoms. The van der Waals surface area contributed by atoms with Gasteiger partial charge in [-0.05, 0) is 69.5 Å². The minimum atomic E-state index is -3.81. The van der Waals surface area contributed by atoms with Crippen molar-refractivity contribution < 1.29 is 17.9 Å². The summed E-state index contributed by atoms with van der Waals surface area (Å²) in [5.41, 5.74) is 0.728. The van der Waals surface area contributed by atoms with Crippen molar-refractivity contribution in [2.45, 2.75) is 11.3 Å². The highest BCUT2D eigenvalue weighted by Crippen LogP contribution is 2.32. The van der Waals surface area contributed by atoms with Crippen molar-refractivity contribution in [3.05, 3.63) is 47.5 Å². The quantitative estimate of drug-likeness (QED) is 0.463. The monoisotopic (exact) mass is 481 g/mol. The van der Waals surface area contributed by atoms with Crippen molar-refractivity contribution in [2.24, 2.45) is 0 Å². The molecule has 1 amide bonds. The van der Waals surface area contributed by atoms with Crippen LogP contribution in [-0.4, -0.2) is 64.3 Å². The summed E-state index contributed by atoms with van der Waals surface area (Å²) in [7, 11) is 1.66. The number of hydrogen-bond acceptors (Lipinski definition) is 7. The van der Waals surface area contributed by atoms with Gasteiger partial charge in [0.1, 0.15) is 11.5 Å². The summed E-state index contributed by atoms with van der Waals surface area (Å²) in [6, 6.07) is 11.3. The second-order valence-corrected chi connectivity index (χ2v) is 10.7. The molecule has 0 aliphatic carbocycles. The van der Waals surface area contributed by atoms with Gasteiger partial charge in [0.05, 0.1) is 22.2 Å². The summed E-state index contributed by atoms with van der Waals surface area (Å²) in [5.74, 6) is -0.464. The molecule has 2 aromatic carbocycles. The smallest absolute Gasteiger partial charge is 0.244 e. The van der Waals surface area contributed by atoms with E-state index in [-0.39, 0.29) is 4.90 Å². The fraction of sp³-hybridized carbons (Fsp3) is 0.333. The number of fused-ring (bicyclic) bond motifs is 1. The van der Waals surface area contributed by atoms with Crippen LogP contribution in [0.5, 0.6) is 5.75 Å². The van der Waals surface area contributed by atoms with Crippen molar-refractivity contribution in [2.75, 3.05) is 44.9 Å². The number of anilines is 1. The van der Waals surface area contributed by atoms with E-state index in [1.165, 1.54) is 40.5 Å². The molecule has 0 bridgehead atoms. The first-order chi connectivity index (χ1) is 14.7. The third-order valence-corrected chi connectivity index (χ3v) is 7.50. The van der Waals surface area contributed by atoms with E-state index in [1.54, 1.807) is 13.2 Å². The van der Waals surface area contributed by atoms with Gasteiger partial charge in [-0.25, -0.2) is 13.4 Å². The van der Waals surface area contributed by atoms with Gasteiger partial charge < -0.3 is 9.64 Å². The van der Waals surface area contributed by atoms with Gasteiger partial charge in [0.25, 0.3) is 0 Å². The Labute approximate surface area is 191 Å². The van der Waals surface area contributed by atoms with Crippen molar-refractivity contribution in [1.82, 2.24) is 9.88 Å². The van der Waals surface area contributed by atoms with E-state index in [0.29, 0.717) is 28.9 Å². The number of benzene rings is 2. The molecule has 166 valence electrons. The van der Waals surface area contributed by atoms with Crippen LogP contribution in [0.25, 0.3) is 10.2 Å². The van der Waals surface area contributed by atoms with Crippen molar-refractivity contribution >= 4 is 54.0 Å². The first kappa shape index (κ1) is 23.5. The maximum atomic E-state index is 13.1. The lowest BCUT2D eigenvalue weighted by Gasteiger charge is -2.21. The van der Waals surface area contributed by atoms with Gasteiger partial charge in [0.2, 0.25) is 5.91 Å². The standard InChI is InChI=1S/C21H24ClN3O4S2/c1-24(2)11-4-12-25(21-23-18-10-7-16(29-3)13-19(18)30-21)20(26)14-31(27,28)17-8-5-15(22)6-9-17/h5-10,13H,4,11-12,14H2,1-3H3. The number of aromatic nitrogens is 1. The van der Waals surface area contributed by atoms with Crippen LogP contribution in [0.3, 0.4) is 0 Å². The van der Waals surface area contributed by atoms with E-state index in [9.17, 15) is 13.2 Å². The van der Waals surface area contributed by atoms with Crippen LogP contribution in [-0.2, 0) is 14.6 Å². The SMILES string of the molecule is COc1ccc2nc(N(CCCN(C)C)C(=O)CS(=O)(=O)c3ccc(Cl)cc3)sc2c1. The third-order valence-electron chi connectivity index (χ3n) is 4.59. The number of hydrogen-bond donors (Lipinski definition) is 0. The molecule has 10 heteroatoms. The molecule has 7 nitrogen and oxygen atoms in total. The molecule has 0 radical (unpaired) electrons. The summed E-state index contributed by atoms with van der Waals surface area (Å²) in [4.78, 5) is 21.2. The van der Waals surface area contributed by atoms with E-state index in [1.807, 2.05) is 31.1 Å². The molecule has 1 aromatic heterocycles. The normalized spacial score (nSPS) is 11.8. The molecule has 0 unspecified atom stereocenters. The van der Waals surface area contributed by atoms with E-state index in [0.717, 1.165) is 16.8 Å². The molecular weight excluding hydrogens is 458 g/mol. The lowest BCUT2D eigenvalue weighted by molar-refractivity contribution is -0.116. The Kier molecular flexibility index (Phi) is 7.53. The molecule has 31 heavy (non-hydrogen) atoms. The van der Waals surface area contributed by atoms with Crippen LogP contribution >= 0.6 is 22.9 Å². The molecule has 3 rings (SSSR count). The maximum Gasteiger partial charge on any atom is 0.244 e.